The third-order valence-electron chi connectivity index (χ3n) is 3.61. The van der Waals surface area contributed by atoms with Crippen molar-refractivity contribution < 1.29 is 9.47 Å². The van der Waals surface area contributed by atoms with Crippen LogP contribution >= 0.6 is 0 Å². The van der Waals surface area contributed by atoms with Gasteiger partial charge in [-0.3, -0.25) is 0 Å². The van der Waals surface area contributed by atoms with Crippen LogP contribution in [0.15, 0.2) is 24.3 Å². The van der Waals surface area contributed by atoms with Crippen molar-refractivity contribution in [3.63, 3.8) is 0 Å². The smallest absolute Gasteiger partial charge is 0.123 e. The Labute approximate surface area is 116 Å². The van der Waals surface area contributed by atoms with Crippen LogP contribution < -0.4 is 10.1 Å². The van der Waals surface area contributed by atoms with E-state index in [4.69, 9.17) is 9.47 Å². The van der Waals surface area contributed by atoms with Crippen LogP contribution in [-0.2, 0) is 4.74 Å². The lowest BCUT2D eigenvalue weighted by Crippen LogP contribution is -2.25. The molecule has 1 unspecified atom stereocenters. The third-order valence-corrected chi connectivity index (χ3v) is 3.61. The number of nitrogens with one attached hydrogen (secondary N) is 1. The number of ether oxygens (including phenoxy) is 2. The molecule has 1 aliphatic rings. The number of hydrogen-bond donors (Lipinski definition) is 1. The van der Waals surface area contributed by atoms with Crippen LogP contribution in [0.2, 0.25) is 0 Å². The SMILES string of the molecule is CCC(NCCOCC1CC1)c1ccccc1OC. The number of rotatable bonds is 9. The number of hydrogen-bond acceptors (Lipinski definition) is 3. The Morgan fingerprint density at radius 1 is 1.32 bits per heavy atom. The van der Waals surface area contributed by atoms with Crippen LogP contribution in [0.5, 0.6) is 5.75 Å². The van der Waals surface area contributed by atoms with E-state index >= 15 is 0 Å². The molecule has 2 rings (SSSR count). The average Bonchev–Trinajstić information content (AvgIpc) is 3.27. The first-order chi connectivity index (χ1) is 9.35. The van der Waals surface area contributed by atoms with Crippen LogP contribution in [0.4, 0.5) is 0 Å². The van der Waals surface area contributed by atoms with Gasteiger partial charge in [-0.1, -0.05) is 25.1 Å². The summed E-state index contributed by atoms with van der Waals surface area (Å²) in [6.45, 7) is 4.81. The summed E-state index contributed by atoms with van der Waals surface area (Å²) in [5, 5.41) is 3.55. The summed E-state index contributed by atoms with van der Waals surface area (Å²) in [4.78, 5) is 0. The molecule has 0 bridgehead atoms. The molecule has 1 saturated carbocycles. The van der Waals surface area contributed by atoms with Gasteiger partial charge in [0.05, 0.1) is 13.7 Å². The highest BCUT2D eigenvalue weighted by Gasteiger charge is 2.21. The van der Waals surface area contributed by atoms with Gasteiger partial charge < -0.3 is 14.8 Å². The molecule has 106 valence electrons. The summed E-state index contributed by atoms with van der Waals surface area (Å²) in [7, 11) is 1.73. The van der Waals surface area contributed by atoms with Crippen LogP contribution in [0.1, 0.15) is 37.8 Å². The van der Waals surface area contributed by atoms with Gasteiger partial charge in [-0.05, 0) is 31.2 Å². The normalized spacial score (nSPS) is 16.3. The minimum Gasteiger partial charge on any atom is -0.496 e. The van der Waals surface area contributed by atoms with Gasteiger partial charge in [-0.25, -0.2) is 0 Å². The minimum absolute atomic E-state index is 0.334. The van der Waals surface area contributed by atoms with Crippen LogP contribution in [0, 0.1) is 5.92 Å². The van der Waals surface area contributed by atoms with Crippen molar-refractivity contribution in [1.29, 1.82) is 0 Å². The van der Waals surface area contributed by atoms with E-state index in [1.54, 1.807) is 7.11 Å². The van der Waals surface area contributed by atoms with Gasteiger partial charge in [-0.2, -0.15) is 0 Å². The van der Waals surface area contributed by atoms with Gasteiger partial charge in [0.25, 0.3) is 0 Å². The topological polar surface area (TPSA) is 30.5 Å². The van der Waals surface area contributed by atoms with Gasteiger partial charge in [-0.15, -0.1) is 0 Å². The largest absolute Gasteiger partial charge is 0.496 e. The van der Waals surface area contributed by atoms with Gasteiger partial charge in [0.2, 0.25) is 0 Å². The van der Waals surface area contributed by atoms with Crippen molar-refractivity contribution >= 4 is 0 Å². The highest BCUT2D eigenvalue weighted by atomic mass is 16.5. The van der Waals surface area contributed by atoms with Gasteiger partial charge in [0.1, 0.15) is 5.75 Å². The molecule has 1 aliphatic carbocycles. The molecule has 1 aromatic rings. The van der Waals surface area contributed by atoms with E-state index in [1.165, 1.54) is 18.4 Å². The van der Waals surface area contributed by atoms with Crippen molar-refractivity contribution in [3.05, 3.63) is 29.8 Å². The Balaban J connectivity index is 1.77. The molecule has 0 aromatic heterocycles. The summed E-state index contributed by atoms with van der Waals surface area (Å²) >= 11 is 0. The van der Waals surface area contributed by atoms with Crippen LogP contribution in [0.25, 0.3) is 0 Å². The summed E-state index contributed by atoms with van der Waals surface area (Å²) in [6.07, 6.45) is 3.75. The molecule has 0 radical (unpaired) electrons. The molecule has 1 N–H and O–H groups in total. The van der Waals surface area contributed by atoms with E-state index < -0.39 is 0 Å². The lowest BCUT2D eigenvalue weighted by Gasteiger charge is -2.20. The molecule has 3 nitrogen and oxygen atoms in total. The monoisotopic (exact) mass is 263 g/mol. The zero-order valence-corrected chi connectivity index (χ0v) is 12.0. The number of para-hydroxylation sites is 1. The fourth-order valence-electron chi connectivity index (χ4n) is 2.27. The number of benzene rings is 1. The first-order valence-electron chi connectivity index (χ1n) is 7.29. The highest BCUT2D eigenvalue weighted by Crippen LogP contribution is 2.29. The summed E-state index contributed by atoms with van der Waals surface area (Å²) in [5.74, 6) is 1.80. The Morgan fingerprint density at radius 2 is 2.11 bits per heavy atom. The molecule has 19 heavy (non-hydrogen) atoms. The average molecular weight is 263 g/mol. The summed E-state index contributed by atoms with van der Waals surface area (Å²) < 4.78 is 11.1. The van der Waals surface area contributed by atoms with E-state index in [2.05, 4.69) is 24.4 Å². The molecule has 0 amide bonds. The Kier molecular flexibility index (Phi) is 5.67. The molecule has 0 saturated heterocycles. The van der Waals surface area contributed by atoms with E-state index in [-0.39, 0.29) is 0 Å². The first-order valence-corrected chi connectivity index (χ1v) is 7.29. The second kappa shape index (κ2) is 7.51. The minimum atomic E-state index is 0.334. The summed E-state index contributed by atoms with van der Waals surface area (Å²) in [6, 6.07) is 8.55. The molecule has 1 fully saturated rings. The lowest BCUT2D eigenvalue weighted by molar-refractivity contribution is 0.124. The van der Waals surface area contributed by atoms with Crippen molar-refractivity contribution in [2.75, 3.05) is 26.9 Å². The maximum absolute atomic E-state index is 5.65. The Hall–Kier alpha value is -1.06. The highest BCUT2D eigenvalue weighted by molar-refractivity contribution is 5.35. The zero-order valence-electron chi connectivity index (χ0n) is 12.0. The van der Waals surface area contributed by atoms with Crippen molar-refractivity contribution in [3.8, 4) is 5.75 Å². The predicted molar refractivity (Wildman–Crippen MR) is 77.6 cm³/mol. The summed E-state index contributed by atoms with van der Waals surface area (Å²) in [5.41, 5.74) is 1.23. The predicted octanol–water partition coefficient (Wildman–Crippen LogP) is 3.16. The van der Waals surface area contributed by atoms with Crippen molar-refractivity contribution in [2.45, 2.75) is 32.2 Å². The molecule has 0 aliphatic heterocycles. The van der Waals surface area contributed by atoms with E-state index in [0.29, 0.717) is 6.04 Å². The molecule has 1 aromatic carbocycles. The molecular formula is C16H25NO2. The molecule has 0 spiro atoms. The quantitative estimate of drug-likeness (QED) is 0.694. The zero-order chi connectivity index (χ0) is 13.5. The fourth-order valence-corrected chi connectivity index (χ4v) is 2.27. The molecule has 1 atom stereocenters. The molecule has 3 heteroatoms. The second-order valence-electron chi connectivity index (χ2n) is 5.18. The van der Waals surface area contributed by atoms with Crippen molar-refractivity contribution in [1.82, 2.24) is 5.32 Å². The fraction of sp³-hybridized carbons (Fsp3) is 0.625. The lowest BCUT2D eigenvalue weighted by atomic mass is 10.0. The Bertz CT molecular complexity index is 377. The third kappa shape index (κ3) is 4.51. The molecular weight excluding hydrogens is 238 g/mol. The van der Waals surface area contributed by atoms with Crippen LogP contribution in [-0.4, -0.2) is 26.9 Å². The van der Waals surface area contributed by atoms with E-state index in [9.17, 15) is 0 Å². The standard InChI is InChI=1S/C16H25NO2/c1-3-15(14-6-4-5-7-16(14)18-2)17-10-11-19-12-13-8-9-13/h4-7,13,15,17H,3,8-12H2,1-2H3. The Morgan fingerprint density at radius 3 is 2.79 bits per heavy atom. The van der Waals surface area contributed by atoms with E-state index in [1.807, 2.05) is 12.1 Å². The van der Waals surface area contributed by atoms with Gasteiger partial charge in [0.15, 0.2) is 0 Å². The van der Waals surface area contributed by atoms with Gasteiger partial charge >= 0.3 is 0 Å². The second-order valence-corrected chi connectivity index (χ2v) is 5.18. The van der Waals surface area contributed by atoms with Gasteiger partial charge in [0, 0.05) is 24.8 Å². The van der Waals surface area contributed by atoms with Crippen molar-refractivity contribution in [2.24, 2.45) is 5.92 Å². The van der Waals surface area contributed by atoms with Crippen LogP contribution in [0.3, 0.4) is 0 Å². The maximum atomic E-state index is 5.65. The number of methoxy groups -OCH3 is 1. The maximum Gasteiger partial charge on any atom is 0.123 e. The van der Waals surface area contributed by atoms with E-state index in [0.717, 1.165) is 37.8 Å². The first kappa shape index (κ1) is 14.4. The molecule has 0 heterocycles.